The second kappa shape index (κ2) is 3.92. The predicted molar refractivity (Wildman–Crippen MR) is 63.3 cm³/mol. The second-order valence-corrected chi connectivity index (χ2v) is 4.88. The van der Waals surface area contributed by atoms with E-state index >= 15 is 0 Å². The smallest absolute Gasteiger partial charge is 0.281 e. The van der Waals surface area contributed by atoms with Gasteiger partial charge in [0.25, 0.3) is 17.7 Å². The van der Waals surface area contributed by atoms with E-state index in [0.29, 0.717) is 0 Å². The summed E-state index contributed by atoms with van der Waals surface area (Å²) in [6.45, 7) is 1.46. The van der Waals surface area contributed by atoms with Crippen molar-refractivity contribution in [2.75, 3.05) is 0 Å². The lowest BCUT2D eigenvalue weighted by Crippen LogP contribution is -2.62. The molecule has 2 aliphatic heterocycles. The van der Waals surface area contributed by atoms with Crippen molar-refractivity contribution in [1.82, 2.24) is 20.2 Å². The summed E-state index contributed by atoms with van der Waals surface area (Å²) in [6.07, 6.45) is 2.58. The second-order valence-electron chi connectivity index (χ2n) is 4.88. The van der Waals surface area contributed by atoms with E-state index in [-0.39, 0.29) is 24.1 Å². The Morgan fingerprint density at radius 2 is 2.00 bits per heavy atom. The maximum absolute atomic E-state index is 12.3. The number of aromatic nitrogens is 2. The van der Waals surface area contributed by atoms with Crippen LogP contribution < -0.4 is 5.32 Å². The molecule has 20 heavy (non-hydrogen) atoms. The average molecular weight is 274 g/mol. The highest BCUT2D eigenvalue weighted by Gasteiger charge is 2.53. The van der Waals surface area contributed by atoms with Crippen LogP contribution in [0.3, 0.4) is 0 Å². The molecule has 1 fully saturated rings. The molecule has 1 saturated heterocycles. The third-order valence-corrected chi connectivity index (χ3v) is 3.63. The molecule has 1 aromatic rings. The molecule has 0 aromatic carbocycles. The monoisotopic (exact) mass is 274 g/mol. The maximum Gasteiger partial charge on any atom is 0.281 e. The molecule has 0 aliphatic carbocycles. The molecule has 8 heteroatoms. The molecule has 1 N–H and O–H groups in total. The van der Waals surface area contributed by atoms with Crippen LogP contribution in [0.2, 0.25) is 0 Å². The van der Waals surface area contributed by atoms with E-state index in [1.165, 1.54) is 19.4 Å². The summed E-state index contributed by atoms with van der Waals surface area (Å²) in [5.74, 6) is -2.32. The van der Waals surface area contributed by atoms with Crippen LogP contribution >= 0.6 is 0 Å². The van der Waals surface area contributed by atoms with Gasteiger partial charge in [0, 0.05) is 12.6 Å². The number of rotatable bonds is 1. The summed E-state index contributed by atoms with van der Waals surface area (Å²) in [6, 6.07) is 0. The predicted octanol–water partition coefficient (Wildman–Crippen LogP) is -0.732. The number of hydrogen-bond donors (Lipinski definition) is 1. The van der Waals surface area contributed by atoms with E-state index < -0.39 is 29.2 Å². The largest absolute Gasteiger partial charge is 0.294 e. The van der Waals surface area contributed by atoms with E-state index in [2.05, 4.69) is 15.3 Å². The Hall–Kier alpha value is -2.64. The lowest BCUT2D eigenvalue weighted by Gasteiger charge is -2.37. The molecule has 8 nitrogen and oxygen atoms in total. The normalized spacial score (nSPS) is 25.8. The molecular weight excluding hydrogens is 264 g/mol. The summed E-state index contributed by atoms with van der Waals surface area (Å²) in [5.41, 5.74) is -1.33. The summed E-state index contributed by atoms with van der Waals surface area (Å²) >= 11 is 0. The Labute approximate surface area is 113 Å². The first-order valence-corrected chi connectivity index (χ1v) is 5.98. The number of nitrogens with one attached hydrogen (secondary N) is 1. The lowest BCUT2D eigenvalue weighted by atomic mass is 9.89. The standard InChI is InChI=1S/C12H10N4O4/c1-12(3-2-7(17)15-11(12)20)16-9(18)6-4-13-5-14-8(6)10(16)19/h4-5H,2-3H2,1H3,(H,15,17,20). The molecule has 0 spiro atoms. The summed E-state index contributed by atoms with van der Waals surface area (Å²) in [4.78, 5) is 56.2. The number of piperidine rings is 1. The van der Waals surface area contributed by atoms with Gasteiger partial charge in [0.2, 0.25) is 5.91 Å². The molecule has 2 aliphatic rings. The van der Waals surface area contributed by atoms with E-state index in [0.717, 1.165) is 4.90 Å². The molecule has 3 heterocycles. The zero-order valence-electron chi connectivity index (χ0n) is 10.5. The van der Waals surface area contributed by atoms with Crippen LogP contribution in [0.5, 0.6) is 0 Å². The van der Waals surface area contributed by atoms with Crippen LogP contribution in [0.25, 0.3) is 0 Å². The number of fused-ring (bicyclic) bond motifs is 1. The third-order valence-electron chi connectivity index (χ3n) is 3.63. The van der Waals surface area contributed by atoms with Crippen LogP contribution in [0.15, 0.2) is 12.5 Å². The quantitative estimate of drug-likeness (QED) is 0.676. The lowest BCUT2D eigenvalue weighted by molar-refractivity contribution is -0.140. The fourth-order valence-electron chi connectivity index (χ4n) is 2.43. The van der Waals surface area contributed by atoms with Crippen LogP contribution in [-0.4, -0.2) is 44.0 Å². The fourth-order valence-corrected chi connectivity index (χ4v) is 2.43. The van der Waals surface area contributed by atoms with Crippen molar-refractivity contribution in [1.29, 1.82) is 0 Å². The first-order chi connectivity index (χ1) is 9.45. The van der Waals surface area contributed by atoms with Crippen molar-refractivity contribution in [3.05, 3.63) is 23.8 Å². The molecule has 0 saturated carbocycles. The van der Waals surface area contributed by atoms with Crippen molar-refractivity contribution in [2.45, 2.75) is 25.3 Å². The highest BCUT2D eigenvalue weighted by Crippen LogP contribution is 2.32. The molecule has 1 atom stereocenters. The molecule has 1 aromatic heterocycles. The minimum atomic E-state index is -1.39. The van der Waals surface area contributed by atoms with E-state index in [1.54, 1.807) is 0 Å². The minimum absolute atomic E-state index is 0.0177. The first-order valence-electron chi connectivity index (χ1n) is 5.98. The highest BCUT2D eigenvalue weighted by molar-refractivity contribution is 6.23. The fraction of sp³-hybridized carbons (Fsp3) is 0.333. The summed E-state index contributed by atoms with van der Waals surface area (Å²) < 4.78 is 0. The molecule has 0 radical (unpaired) electrons. The van der Waals surface area contributed by atoms with Gasteiger partial charge >= 0.3 is 0 Å². The third kappa shape index (κ3) is 1.47. The van der Waals surface area contributed by atoms with E-state index in [4.69, 9.17) is 0 Å². The van der Waals surface area contributed by atoms with Crippen LogP contribution in [0.4, 0.5) is 0 Å². The van der Waals surface area contributed by atoms with Crippen LogP contribution in [0, 0.1) is 0 Å². The van der Waals surface area contributed by atoms with Crippen molar-refractivity contribution < 1.29 is 19.2 Å². The molecule has 1 unspecified atom stereocenters. The number of nitrogens with zero attached hydrogens (tertiary/aromatic N) is 3. The van der Waals surface area contributed by atoms with Crippen LogP contribution in [0.1, 0.15) is 40.6 Å². The Bertz CT molecular complexity index is 636. The average Bonchev–Trinajstić information content (AvgIpc) is 2.68. The number of amides is 4. The van der Waals surface area contributed by atoms with Crippen molar-refractivity contribution in [2.24, 2.45) is 0 Å². The Morgan fingerprint density at radius 1 is 1.25 bits per heavy atom. The van der Waals surface area contributed by atoms with Crippen molar-refractivity contribution >= 4 is 23.6 Å². The minimum Gasteiger partial charge on any atom is -0.294 e. The van der Waals surface area contributed by atoms with Gasteiger partial charge in [-0.2, -0.15) is 0 Å². The van der Waals surface area contributed by atoms with Gasteiger partial charge in [0.05, 0.1) is 5.56 Å². The SMILES string of the molecule is CC1(N2C(=O)c3cncnc3C2=O)CCC(=O)NC1=O. The van der Waals surface area contributed by atoms with E-state index in [9.17, 15) is 19.2 Å². The van der Waals surface area contributed by atoms with Gasteiger partial charge in [-0.25, -0.2) is 9.97 Å². The Kier molecular flexibility index (Phi) is 2.43. The summed E-state index contributed by atoms with van der Waals surface area (Å²) in [7, 11) is 0. The highest BCUT2D eigenvalue weighted by atomic mass is 16.2. The zero-order valence-corrected chi connectivity index (χ0v) is 10.5. The van der Waals surface area contributed by atoms with Crippen molar-refractivity contribution in [3.8, 4) is 0 Å². The van der Waals surface area contributed by atoms with Crippen LogP contribution in [-0.2, 0) is 9.59 Å². The van der Waals surface area contributed by atoms with Gasteiger partial charge in [-0.3, -0.25) is 29.4 Å². The number of carbonyl (C=O) groups is 4. The molecule has 0 bridgehead atoms. The van der Waals surface area contributed by atoms with Gasteiger partial charge in [-0.05, 0) is 13.3 Å². The van der Waals surface area contributed by atoms with E-state index in [1.807, 2.05) is 0 Å². The Morgan fingerprint density at radius 3 is 2.65 bits per heavy atom. The van der Waals surface area contributed by atoms with Gasteiger partial charge in [0.1, 0.15) is 17.6 Å². The molecule has 102 valence electrons. The molecule has 4 amide bonds. The Balaban J connectivity index is 2.04. The van der Waals surface area contributed by atoms with Gasteiger partial charge < -0.3 is 0 Å². The topological polar surface area (TPSA) is 109 Å². The molecular formula is C12H10N4O4. The molecule has 3 rings (SSSR count). The van der Waals surface area contributed by atoms with Gasteiger partial charge in [0.15, 0.2) is 0 Å². The van der Waals surface area contributed by atoms with Crippen molar-refractivity contribution in [3.63, 3.8) is 0 Å². The number of imide groups is 2. The van der Waals surface area contributed by atoms with Gasteiger partial charge in [-0.1, -0.05) is 0 Å². The number of hydrogen-bond acceptors (Lipinski definition) is 6. The first kappa shape index (κ1) is 12.4. The maximum atomic E-state index is 12.3. The summed E-state index contributed by atoms with van der Waals surface area (Å²) in [5, 5.41) is 2.15. The zero-order chi connectivity index (χ0) is 14.5. The van der Waals surface area contributed by atoms with Gasteiger partial charge in [-0.15, -0.1) is 0 Å². The number of carbonyl (C=O) groups excluding carboxylic acids is 4.